The van der Waals surface area contributed by atoms with Crippen molar-refractivity contribution in [1.82, 2.24) is 5.32 Å². The fourth-order valence-electron chi connectivity index (χ4n) is 2.84. The average molecular weight is 317 g/mol. The lowest BCUT2D eigenvalue weighted by Gasteiger charge is -2.30. The number of hydrogen-bond acceptors (Lipinski definition) is 5. The van der Waals surface area contributed by atoms with Crippen LogP contribution in [-0.4, -0.2) is 48.4 Å². The van der Waals surface area contributed by atoms with Gasteiger partial charge in [-0.25, -0.2) is 0 Å². The monoisotopic (exact) mass is 317 g/mol. The maximum atomic E-state index is 12.0. The molecule has 1 aliphatic heterocycles. The molecule has 4 nitrogen and oxygen atoms in total. The molecule has 3 unspecified atom stereocenters. The van der Waals surface area contributed by atoms with E-state index in [-0.39, 0.29) is 12.0 Å². The van der Waals surface area contributed by atoms with Gasteiger partial charge in [0.2, 0.25) is 0 Å². The molecular formula is C16H31NO3S. The Balaban J connectivity index is 2.28. The zero-order valence-corrected chi connectivity index (χ0v) is 14.9. The Hall–Kier alpha value is -0.260. The van der Waals surface area contributed by atoms with Gasteiger partial charge in [-0.2, -0.15) is 11.8 Å². The highest BCUT2D eigenvalue weighted by molar-refractivity contribution is 7.99. The minimum absolute atomic E-state index is 0.165. The van der Waals surface area contributed by atoms with E-state index in [1.165, 1.54) is 13.5 Å². The highest BCUT2D eigenvalue weighted by Gasteiger charge is 2.34. The largest absolute Gasteiger partial charge is 0.468 e. The molecule has 1 N–H and O–H groups in total. The van der Waals surface area contributed by atoms with Crippen LogP contribution in [0.4, 0.5) is 0 Å². The number of unbranched alkanes of at least 4 members (excludes halogenated alkanes) is 1. The number of ether oxygens (including phenoxy) is 2. The van der Waals surface area contributed by atoms with E-state index in [9.17, 15) is 4.79 Å². The molecule has 21 heavy (non-hydrogen) atoms. The number of esters is 1. The van der Waals surface area contributed by atoms with Crippen molar-refractivity contribution in [2.24, 2.45) is 0 Å². The third-order valence-electron chi connectivity index (χ3n) is 3.95. The van der Waals surface area contributed by atoms with Crippen LogP contribution in [0.3, 0.4) is 0 Å². The normalized spacial score (nSPS) is 25.0. The molecular weight excluding hydrogens is 286 g/mol. The SMILES string of the molecule is COC(=O)C(C)(CCCCSC1CCOC1C)NC(C)C. The highest BCUT2D eigenvalue weighted by atomic mass is 32.2. The summed E-state index contributed by atoms with van der Waals surface area (Å²) in [6, 6.07) is 0.264. The van der Waals surface area contributed by atoms with Crippen LogP contribution < -0.4 is 5.32 Å². The van der Waals surface area contributed by atoms with E-state index < -0.39 is 5.54 Å². The number of methoxy groups -OCH3 is 1. The second kappa shape index (κ2) is 9.01. The number of hydrogen-bond donors (Lipinski definition) is 1. The summed E-state index contributed by atoms with van der Waals surface area (Å²) in [7, 11) is 1.46. The fourth-order valence-corrected chi connectivity index (χ4v) is 4.13. The van der Waals surface area contributed by atoms with Gasteiger partial charge < -0.3 is 9.47 Å². The molecule has 124 valence electrons. The number of rotatable bonds is 9. The molecule has 0 aliphatic carbocycles. The first-order valence-corrected chi connectivity index (χ1v) is 9.03. The van der Waals surface area contributed by atoms with Gasteiger partial charge in [-0.3, -0.25) is 10.1 Å². The molecule has 1 fully saturated rings. The van der Waals surface area contributed by atoms with E-state index in [1.54, 1.807) is 0 Å². The maximum Gasteiger partial charge on any atom is 0.325 e. The molecule has 0 aromatic heterocycles. The van der Waals surface area contributed by atoms with E-state index in [2.05, 4.69) is 26.1 Å². The van der Waals surface area contributed by atoms with Crippen LogP contribution in [0.5, 0.6) is 0 Å². The average Bonchev–Trinajstić information content (AvgIpc) is 2.82. The second-order valence-electron chi connectivity index (χ2n) is 6.35. The zero-order valence-electron chi connectivity index (χ0n) is 14.1. The van der Waals surface area contributed by atoms with Gasteiger partial charge in [-0.15, -0.1) is 0 Å². The van der Waals surface area contributed by atoms with Crippen molar-refractivity contribution < 1.29 is 14.3 Å². The van der Waals surface area contributed by atoms with E-state index >= 15 is 0 Å². The standard InChI is InChI=1S/C16H31NO3S/c1-12(2)17-16(4,15(18)19-5)9-6-7-11-21-14-8-10-20-13(14)3/h12-14,17H,6-11H2,1-5H3. The maximum absolute atomic E-state index is 12.0. The Labute approximate surface area is 133 Å². The summed E-state index contributed by atoms with van der Waals surface area (Å²) >= 11 is 2.01. The lowest BCUT2D eigenvalue weighted by Crippen LogP contribution is -2.52. The first-order chi connectivity index (χ1) is 9.89. The van der Waals surface area contributed by atoms with Crippen molar-refractivity contribution in [3.05, 3.63) is 0 Å². The van der Waals surface area contributed by atoms with Crippen molar-refractivity contribution in [2.45, 2.75) is 76.3 Å². The van der Waals surface area contributed by atoms with Gasteiger partial charge in [0, 0.05) is 17.9 Å². The van der Waals surface area contributed by atoms with Crippen molar-refractivity contribution in [3.8, 4) is 0 Å². The second-order valence-corrected chi connectivity index (χ2v) is 7.70. The van der Waals surface area contributed by atoms with Gasteiger partial charge in [0.05, 0.1) is 13.2 Å². The van der Waals surface area contributed by atoms with E-state index in [4.69, 9.17) is 9.47 Å². The Kier molecular flexibility index (Phi) is 8.06. The fraction of sp³-hybridized carbons (Fsp3) is 0.938. The third-order valence-corrected chi connectivity index (χ3v) is 5.52. The van der Waals surface area contributed by atoms with Gasteiger partial charge in [-0.05, 0) is 52.7 Å². The summed E-state index contributed by atoms with van der Waals surface area (Å²) in [5, 5.41) is 3.99. The quantitative estimate of drug-likeness (QED) is 0.523. The van der Waals surface area contributed by atoms with Crippen LogP contribution in [0, 0.1) is 0 Å². The summed E-state index contributed by atoms with van der Waals surface area (Å²) in [6.07, 6.45) is 4.52. The number of thioether (sulfide) groups is 1. The Morgan fingerprint density at radius 1 is 1.48 bits per heavy atom. The van der Waals surface area contributed by atoms with Crippen molar-refractivity contribution in [1.29, 1.82) is 0 Å². The van der Waals surface area contributed by atoms with Crippen molar-refractivity contribution in [3.63, 3.8) is 0 Å². The van der Waals surface area contributed by atoms with Crippen LogP contribution in [0.15, 0.2) is 0 Å². The predicted molar refractivity (Wildman–Crippen MR) is 88.8 cm³/mol. The van der Waals surface area contributed by atoms with Crippen LogP contribution in [0.2, 0.25) is 0 Å². The first kappa shape index (κ1) is 18.8. The lowest BCUT2D eigenvalue weighted by atomic mass is 9.94. The molecule has 5 heteroatoms. The van der Waals surface area contributed by atoms with Gasteiger partial charge in [-0.1, -0.05) is 6.42 Å². The molecule has 0 aromatic carbocycles. The van der Waals surface area contributed by atoms with E-state index in [0.29, 0.717) is 11.4 Å². The third kappa shape index (κ3) is 6.17. The summed E-state index contributed by atoms with van der Waals surface area (Å²) in [4.78, 5) is 12.0. The lowest BCUT2D eigenvalue weighted by molar-refractivity contribution is -0.148. The zero-order chi connectivity index (χ0) is 15.9. The van der Waals surface area contributed by atoms with Crippen molar-refractivity contribution in [2.75, 3.05) is 19.5 Å². The number of carbonyl (C=O) groups excluding carboxylic acids is 1. The van der Waals surface area contributed by atoms with Gasteiger partial charge in [0.1, 0.15) is 5.54 Å². The minimum atomic E-state index is -0.572. The molecule has 3 atom stereocenters. The topological polar surface area (TPSA) is 47.6 Å². The van der Waals surface area contributed by atoms with Crippen LogP contribution in [0.25, 0.3) is 0 Å². The smallest absolute Gasteiger partial charge is 0.325 e. The molecule has 0 aromatic rings. The van der Waals surface area contributed by atoms with Gasteiger partial charge >= 0.3 is 5.97 Å². The Morgan fingerprint density at radius 3 is 2.71 bits per heavy atom. The van der Waals surface area contributed by atoms with E-state index in [0.717, 1.165) is 31.6 Å². The summed E-state index contributed by atoms with van der Waals surface area (Å²) in [5.74, 6) is 0.971. The molecule has 0 bridgehead atoms. The molecule has 1 aliphatic rings. The molecule has 0 saturated carbocycles. The minimum Gasteiger partial charge on any atom is -0.468 e. The molecule has 1 heterocycles. The van der Waals surface area contributed by atoms with Gasteiger partial charge in [0.15, 0.2) is 0 Å². The Bertz CT molecular complexity index is 325. The predicted octanol–water partition coefficient (Wildman–Crippen LogP) is 3.00. The highest BCUT2D eigenvalue weighted by Crippen LogP contribution is 2.27. The first-order valence-electron chi connectivity index (χ1n) is 7.98. The molecule has 0 amide bonds. The number of nitrogens with one attached hydrogen (secondary N) is 1. The molecule has 0 spiro atoms. The van der Waals surface area contributed by atoms with Crippen LogP contribution >= 0.6 is 11.8 Å². The van der Waals surface area contributed by atoms with Crippen LogP contribution in [-0.2, 0) is 14.3 Å². The summed E-state index contributed by atoms with van der Waals surface area (Å²) < 4.78 is 10.5. The van der Waals surface area contributed by atoms with Crippen molar-refractivity contribution >= 4 is 17.7 Å². The molecule has 1 rings (SSSR count). The number of carbonyl (C=O) groups is 1. The Morgan fingerprint density at radius 2 is 2.19 bits per heavy atom. The summed E-state index contributed by atoms with van der Waals surface area (Å²) in [5.41, 5.74) is -0.572. The molecule has 0 radical (unpaired) electrons. The summed E-state index contributed by atoms with van der Waals surface area (Å²) in [6.45, 7) is 9.11. The molecule has 1 saturated heterocycles. The van der Waals surface area contributed by atoms with E-state index in [1.807, 2.05) is 18.7 Å². The van der Waals surface area contributed by atoms with Gasteiger partial charge in [0.25, 0.3) is 0 Å². The van der Waals surface area contributed by atoms with Crippen LogP contribution in [0.1, 0.15) is 53.4 Å².